The first kappa shape index (κ1) is 19.0. The number of methoxy groups -OCH3 is 1. The van der Waals surface area contributed by atoms with Gasteiger partial charge in [-0.3, -0.25) is 20.0 Å². The standard InChI is InChI=1S/C20H14N4O3S2/c1-27-15-4-5-16-13(10-15)2-3-14(22-16)11-17-19(26)24(20(28)29-17)23-18(25)12-6-8-21-9-7-12/h2-11H,1H3,(H,23,25). The lowest BCUT2D eigenvalue weighted by molar-refractivity contribution is -0.123. The fourth-order valence-electron chi connectivity index (χ4n) is 2.69. The number of thiocarbonyl (C=S) groups is 1. The summed E-state index contributed by atoms with van der Waals surface area (Å²) in [6.45, 7) is 0. The number of nitrogens with zero attached hydrogens (tertiary/aromatic N) is 3. The summed E-state index contributed by atoms with van der Waals surface area (Å²) < 4.78 is 5.46. The molecule has 0 aliphatic carbocycles. The fourth-order valence-corrected chi connectivity index (χ4v) is 3.86. The molecule has 144 valence electrons. The number of hydrogen-bond donors (Lipinski definition) is 1. The van der Waals surface area contributed by atoms with Crippen molar-refractivity contribution in [2.24, 2.45) is 0 Å². The maximum absolute atomic E-state index is 12.7. The van der Waals surface area contributed by atoms with E-state index in [1.165, 1.54) is 12.4 Å². The summed E-state index contributed by atoms with van der Waals surface area (Å²) in [5.41, 5.74) is 4.31. The van der Waals surface area contributed by atoms with E-state index in [4.69, 9.17) is 17.0 Å². The predicted molar refractivity (Wildman–Crippen MR) is 115 cm³/mol. The number of hydrazine groups is 1. The van der Waals surface area contributed by atoms with Gasteiger partial charge in [-0.25, -0.2) is 4.98 Å². The van der Waals surface area contributed by atoms with E-state index in [-0.39, 0.29) is 4.32 Å². The number of ether oxygens (including phenoxy) is 1. The van der Waals surface area contributed by atoms with Crippen molar-refractivity contribution >= 4 is 57.1 Å². The Morgan fingerprint density at radius 3 is 2.76 bits per heavy atom. The normalized spacial score (nSPS) is 15.2. The molecule has 0 unspecified atom stereocenters. The zero-order valence-corrected chi connectivity index (χ0v) is 16.8. The lowest BCUT2D eigenvalue weighted by Gasteiger charge is -2.15. The minimum atomic E-state index is -0.442. The van der Waals surface area contributed by atoms with Crippen LogP contribution in [0.15, 0.2) is 59.8 Å². The van der Waals surface area contributed by atoms with Crippen LogP contribution in [0.4, 0.5) is 0 Å². The molecule has 0 bridgehead atoms. The smallest absolute Gasteiger partial charge is 0.285 e. The maximum atomic E-state index is 12.7. The van der Waals surface area contributed by atoms with Gasteiger partial charge in [0.2, 0.25) is 0 Å². The Bertz CT molecular complexity index is 1160. The molecule has 29 heavy (non-hydrogen) atoms. The second kappa shape index (κ2) is 7.98. The highest BCUT2D eigenvalue weighted by Gasteiger charge is 2.33. The SMILES string of the molecule is COc1ccc2nc(C=C3SC(=S)N(NC(=O)c4ccncc4)C3=O)ccc2c1. The number of pyridine rings is 2. The van der Waals surface area contributed by atoms with Crippen LogP contribution in [0.5, 0.6) is 5.75 Å². The van der Waals surface area contributed by atoms with Crippen LogP contribution in [-0.4, -0.2) is 38.2 Å². The average Bonchev–Trinajstić information content (AvgIpc) is 3.01. The van der Waals surface area contributed by atoms with E-state index >= 15 is 0 Å². The van der Waals surface area contributed by atoms with Crippen molar-refractivity contribution in [3.63, 3.8) is 0 Å². The van der Waals surface area contributed by atoms with Gasteiger partial charge in [0, 0.05) is 23.3 Å². The summed E-state index contributed by atoms with van der Waals surface area (Å²) in [6, 6.07) is 12.4. The van der Waals surface area contributed by atoms with Crippen LogP contribution in [0, 0.1) is 0 Å². The summed E-state index contributed by atoms with van der Waals surface area (Å²) >= 11 is 6.36. The van der Waals surface area contributed by atoms with Gasteiger partial charge in [0.1, 0.15) is 5.75 Å². The van der Waals surface area contributed by atoms with Crippen LogP contribution in [0.3, 0.4) is 0 Å². The molecule has 3 heterocycles. The zero-order chi connectivity index (χ0) is 20.4. The van der Waals surface area contributed by atoms with Crippen LogP contribution in [0.1, 0.15) is 16.1 Å². The molecule has 1 aliphatic rings. The van der Waals surface area contributed by atoms with Crippen molar-refractivity contribution < 1.29 is 14.3 Å². The van der Waals surface area contributed by atoms with Crippen LogP contribution < -0.4 is 10.2 Å². The van der Waals surface area contributed by atoms with Gasteiger partial charge >= 0.3 is 0 Å². The van der Waals surface area contributed by atoms with Crippen molar-refractivity contribution in [2.45, 2.75) is 0 Å². The topological polar surface area (TPSA) is 84.4 Å². The number of rotatable bonds is 4. The number of amides is 2. The van der Waals surface area contributed by atoms with Gasteiger partial charge in [0.05, 0.1) is 23.2 Å². The van der Waals surface area contributed by atoms with Crippen molar-refractivity contribution in [2.75, 3.05) is 7.11 Å². The van der Waals surface area contributed by atoms with Crippen LogP contribution in [0.25, 0.3) is 17.0 Å². The van der Waals surface area contributed by atoms with Gasteiger partial charge in [-0.15, -0.1) is 0 Å². The molecular weight excluding hydrogens is 408 g/mol. The second-order valence-electron chi connectivity index (χ2n) is 5.99. The Hall–Kier alpha value is -3.30. The van der Waals surface area contributed by atoms with Crippen LogP contribution in [0.2, 0.25) is 0 Å². The Kier molecular flexibility index (Phi) is 5.24. The summed E-state index contributed by atoms with van der Waals surface area (Å²) in [6.07, 6.45) is 4.65. The van der Waals surface area contributed by atoms with E-state index in [1.807, 2.05) is 30.3 Å². The third-order valence-corrected chi connectivity index (χ3v) is 5.45. The van der Waals surface area contributed by atoms with Gasteiger partial charge in [0.15, 0.2) is 4.32 Å². The summed E-state index contributed by atoms with van der Waals surface area (Å²) in [5, 5.41) is 2.00. The number of fused-ring (bicyclic) bond motifs is 1. The van der Waals surface area contributed by atoms with Crippen LogP contribution in [-0.2, 0) is 4.79 Å². The Morgan fingerprint density at radius 1 is 1.21 bits per heavy atom. The number of aromatic nitrogens is 2. The largest absolute Gasteiger partial charge is 0.497 e. The van der Waals surface area contributed by atoms with E-state index in [0.717, 1.165) is 33.4 Å². The van der Waals surface area contributed by atoms with E-state index in [2.05, 4.69) is 15.4 Å². The third kappa shape index (κ3) is 3.96. The molecule has 9 heteroatoms. The van der Waals surface area contributed by atoms with Gasteiger partial charge in [0.25, 0.3) is 11.8 Å². The lowest BCUT2D eigenvalue weighted by Crippen LogP contribution is -2.44. The van der Waals surface area contributed by atoms with Crippen LogP contribution >= 0.6 is 24.0 Å². The highest BCUT2D eigenvalue weighted by Crippen LogP contribution is 2.31. The summed E-state index contributed by atoms with van der Waals surface area (Å²) in [5.74, 6) is -0.0976. The number of hydrogen-bond acceptors (Lipinski definition) is 7. The molecule has 2 aromatic heterocycles. The molecule has 2 amide bonds. The lowest BCUT2D eigenvalue weighted by atomic mass is 10.2. The number of carbonyl (C=O) groups excluding carboxylic acids is 2. The van der Waals surface area contributed by atoms with E-state index in [0.29, 0.717) is 16.2 Å². The molecule has 1 aliphatic heterocycles. The predicted octanol–water partition coefficient (Wildman–Crippen LogP) is 3.18. The number of benzene rings is 1. The highest BCUT2D eigenvalue weighted by atomic mass is 32.2. The Morgan fingerprint density at radius 2 is 2.00 bits per heavy atom. The van der Waals surface area contributed by atoms with E-state index < -0.39 is 11.8 Å². The number of thioether (sulfide) groups is 1. The average molecular weight is 422 g/mol. The first-order valence-electron chi connectivity index (χ1n) is 8.49. The first-order valence-corrected chi connectivity index (χ1v) is 9.71. The monoisotopic (exact) mass is 422 g/mol. The molecular formula is C20H14N4O3S2. The number of carbonyl (C=O) groups is 2. The van der Waals surface area contributed by atoms with Crippen molar-refractivity contribution in [3.8, 4) is 5.75 Å². The molecule has 0 saturated carbocycles. The summed E-state index contributed by atoms with van der Waals surface area (Å²) in [4.78, 5) is 33.8. The molecule has 7 nitrogen and oxygen atoms in total. The Labute approximate surface area is 175 Å². The zero-order valence-electron chi connectivity index (χ0n) is 15.2. The summed E-state index contributed by atoms with van der Waals surface area (Å²) in [7, 11) is 1.61. The van der Waals surface area contributed by atoms with E-state index in [1.54, 1.807) is 25.3 Å². The molecule has 0 atom stereocenters. The molecule has 3 aromatic rings. The molecule has 0 spiro atoms. The van der Waals surface area contributed by atoms with E-state index in [9.17, 15) is 9.59 Å². The third-order valence-electron chi connectivity index (χ3n) is 4.15. The molecule has 1 aromatic carbocycles. The van der Waals surface area contributed by atoms with Gasteiger partial charge in [-0.05, 0) is 54.7 Å². The maximum Gasteiger partial charge on any atom is 0.285 e. The Balaban J connectivity index is 1.55. The van der Waals surface area contributed by atoms with Gasteiger partial charge in [-0.1, -0.05) is 17.8 Å². The van der Waals surface area contributed by atoms with Crippen molar-refractivity contribution in [1.29, 1.82) is 0 Å². The molecule has 1 N–H and O–H groups in total. The molecule has 1 saturated heterocycles. The first-order chi connectivity index (χ1) is 14.0. The number of nitrogens with one attached hydrogen (secondary N) is 1. The minimum Gasteiger partial charge on any atom is -0.497 e. The second-order valence-corrected chi connectivity index (χ2v) is 7.66. The molecule has 0 radical (unpaired) electrons. The minimum absolute atomic E-state index is 0.245. The molecule has 4 rings (SSSR count). The fraction of sp³-hybridized carbons (Fsp3) is 0.0500. The quantitative estimate of drug-likeness (QED) is 0.511. The van der Waals surface area contributed by atoms with Gasteiger partial charge in [-0.2, -0.15) is 5.01 Å². The van der Waals surface area contributed by atoms with Crippen molar-refractivity contribution in [1.82, 2.24) is 20.4 Å². The highest BCUT2D eigenvalue weighted by molar-refractivity contribution is 8.26. The molecule has 1 fully saturated rings. The van der Waals surface area contributed by atoms with Crippen molar-refractivity contribution in [3.05, 3.63) is 71.0 Å². The van der Waals surface area contributed by atoms with Gasteiger partial charge < -0.3 is 4.74 Å².